The first-order valence-corrected chi connectivity index (χ1v) is 8.55. The molecule has 0 aromatic heterocycles. The molecule has 120 valence electrons. The molecule has 21 heavy (non-hydrogen) atoms. The van der Waals surface area contributed by atoms with E-state index in [2.05, 4.69) is 19.2 Å². The van der Waals surface area contributed by atoms with E-state index in [0.717, 1.165) is 12.0 Å². The van der Waals surface area contributed by atoms with Crippen LogP contribution in [0.3, 0.4) is 0 Å². The number of nitrogens with one attached hydrogen (secondary N) is 1. The van der Waals surface area contributed by atoms with Gasteiger partial charge in [-0.3, -0.25) is 9.00 Å². The van der Waals surface area contributed by atoms with Crippen LogP contribution in [0, 0.1) is 5.92 Å². The topological polar surface area (TPSA) is 72.2 Å². The summed E-state index contributed by atoms with van der Waals surface area (Å²) in [5, 5.41) is 2.96. The van der Waals surface area contributed by atoms with Crippen molar-refractivity contribution in [2.24, 2.45) is 11.7 Å². The highest BCUT2D eigenvalue weighted by Crippen LogP contribution is 2.09. The zero-order valence-electron chi connectivity index (χ0n) is 12.8. The Balaban J connectivity index is 0.00000400. The summed E-state index contributed by atoms with van der Waals surface area (Å²) in [6, 6.07) is 7.25. The van der Waals surface area contributed by atoms with Crippen LogP contribution in [0.1, 0.15) is 36.2 Å². The maximum atomic E-state index is 12.2. The number of nitrogens with two attached hydrogens (primary N) is 1. The van der Waals surface area contributed by atoms with Crippen molar-refractivity contribution in [1.82, 2.24) is 5.32 Å². The first kappa shape index (κ1) is 20.1. The summed E-state index contributed by atoms with van der Waals surface area (Å²) in [5.41, 5.74) is 7.19. The van der Waals surface area contributed by atoms with Gasteiger partial charge in [0.1, 0.15) is 0 Å². The molecule has 2 atom stereocenters. The Labute approximate surface area is 135 Å². The zero-order chi connectivity index (χ0) is 15.1. The lowest BCUT2D eigenvalue weighted by Gasteiger charge is -2.19. The normalized spacial score (nSPS) is 13.4. The second kappa shape index (κ2) is 9.92. The van der Waals surface area contributed by atoms with Crippen LogP contribution in [-0.2, 0) is 16.6 Å². The van der Waals surface area contributed by atoms with Gasteiger partial charge in [-0.05, 0) is 30.0 Å². The van der Waals surface area contributed by atoms with Crippen molar-refractivity contribution in [3.05, 3.63) is 35.4 Å². The molecular weight excluding hydrogens is 308 g/mol. The summed E-state index contributed by atoms with van der Waals surface area (Å²) in [6.45, 7) is 4.64. The van der Waals surface area contributed by atoms with E-state index in [1.54, 1.807) is 18.4 Å². The first-order chi connectivity index (χ1) is 9.42. The third-order valence-electron chi connectivity index (χ3n) is 2.93. The van der Waals surface area contributed by atoms with E-state index in [9.17, 15) is 9.00 Å². The summed E-state index contributed by atoms with van der Waals surface area (Å²) in [7, 11) is -0.910. The number of rotatable bonds is 7. The van der Waals surface area contributed by atoms with Gasteiger partial charge in [0.15, 0.2) is 0 Å². The van der Waals surface area contributed by atoms with Crippen molar-refractivity contribution >= 4 is 29.1 Å². The van der Waals surface area contributed by atoms with Crippen LogP contribution < -0.4 is 11.1 Å². The molecule has 1 aromatic carbocycles. The van der Waals surface area contributed by atoms with Gasteiger partial charge >= 0.3 is 0 Å². The Morgan fingerprint density at radius 1 is 1.38 bits per heavy atom. The molecule has 0 saturated heterocycles. The summed E-state index contributed by atoms with van der Waals surface area (Å²) in [4.78, 5) is 12.2. The van der Waals surface area contributed by atoms with E-state index in [4.69, 9.17) is 5.73 Å². The largest absolute Gasteiger partial charge is 0.348 e. The Bertz CT molecular complexity index is 480. The van der Waals surface area contributed by atoms with Crippen LogP contribution in [0.15, 0.2) is 24.3 Å². The Morgan fingerprint density at radius 2 is 2.05 bits per heavy atom. The molecule has 0 bridgehead atoms. The van der Waals surface area contributed by atoms with E-state index in [1.165, 1.54) is 0 Å². The standard InChI is InChI=1S/C15H24N2O2S.ClH/c1-11(2)7-14(9-16)17-15(18)13-6-4-5-12(8-13)10-20(3)19;/h4-6,8,11,14H,7,9-10,16H2,1-3H3,(H,17,18);1H. The third kappa shape index (κ3) is 7.60. The van der Waals surface area contributed by atoms with E-state index in [1.807, 2.05) is 12.1 Å². The highest BCUT2D eigenvalue weighted by Gasteiger charge is 2.14. The number of carbonyl (C=O) groups is 1. The number of halogens is 1. The van der Waals surface area contributed by atoms with Gasteiger partial charge in [0.25, 0.3) is 5.91 Å². The Kier molecular flexibility index (Phi) is 9.49. The first-order valence-electron chi connectivity index (χ1n) is 6.82. The van der Waals surface area contributed by atoms with E-state index >= 15 is 0 Å². The van der Waals surface area contributed by atoms with E-state index < -0.39 is 10.8 Å². The van der Waals surface area contributed by atoms with E-state index in [-0.39, 0.29) is 24.4 Å². The second-order valence-corrected chi connectivity index (χ2v) is 6.89. The molecule has 4 nitrogen and oxygen atoms in total. The number of hydrogen-bond acceptors (Lipinski definition) is 3. The van der Waals surface area contributed by atoms with Gasteiger partial charge in [-0.15, -0.1) is 12.4 Å². The summed E-state index contributed by atoms with van der Waals surface area (Å²) in [5.74, 6) is 0.829. The lowest BCUT2D eigenvalue weighted by atomic mass is 10.0. The fourth-order valence-corrected chi connectivity index (χ4v) is 2.74. The highest BCUT2D eigenvalue weighted by atomic mass is 35.5. The van der Waals surface area contributed by atoms with Crippen LogP contribution in [0.25, 0.3) is 0 Å². The Hall–Kier alpha value is -0.910. The minimum atomic E-state index is -0.910. The van der Waals surface area contributed by atoms with Gasteiger partial charge in [0.2, 0.25) is 0 Å². The van der Waals surface area contributed by atoms with Crippen molar-refractivity contribution in [1.29, 1.82) is 0 Å². The lowest BCUT2D eigenvalue weighted by molar-refractivity contribution is 0.0933. The van der Waals surface area contributed by atoms with E-state index in [0.29, 0.717) is 23.8 Å². The van der Waals surface area contributed by atoms with Crippen molar-refractivity contribution < 1.29 is 9.00 Å². The van der Waals surface area contributed by atoms with Crippen molar-refractivity contribution in [2.75, 3.05) is 12.8 Å². The minimum absolute atomic E-state index is 0. The maximum absolute atomic E-state index is 12.2. The monoisotopic (exact) mass is 332 g/mol. The molecule has 6 heteroatoms. The Morgan fingerprint density at radius 3 is 2.57 bits per heavy atom. The van der Waals surface area contributed by atoms with Crippen molar-refractivity contribution in [3.8, 4) is 0 Å². The molecule has 0 aliphatic heterocycles. The molecule has 2 unspecified atom stereocenters. The predicted octanol–water partition coefficient (Wildman–Crippen LogP) is 2.09. The number of amides is 1. The molecular formula is C15H25ClN2O2S. The van der Waals surface area contributed by atoms with Crippen LogP contribution in [0.4, 0.5) is 0 Å². The number of benzene rings is 1. The molecule has 0 aliphatic rings. The average Bonchev–Trinajstić information content (AvgIpc) is 2.36. The van der Waals surface area contributed by atoms with Crippen LogP contribution in [0.5, 0.6) is 0 Å². The summed E-state index contributed by atoms with van der Waals surface area (Å²) >= 11 is 0. The van der Waals surface area contributed by atoms with Gasteiger partial charge in [0.05, 0.1) is 0 Å². The van der Waals surface area contributed by atoms with Crippen molar-refractivity contribution in [2.45, 2.75) is 32.1 Å². The summed E-state index contributed by atoms with van der Waals surface area (Å²) < 4.78 is 11.2. The van der Waals surface area contributed by atoms with Gasteiger partial charge in [-0.25, -0.2) is 0 Å². The predicted molar refractivity (Wildman–Crippen MR) is 91.2 cm³/mol. The number of carbonyl (C=O) groups excluding carboxylic acids is 1. The van der Waals surface area contributed by atoms with Crippen LogP contribution in [0.2, 0.25) is 0 Å². The quantitative estimate of drug-likeness (QED) is 0.803. The second-order valence-electron chi connectivity index (χ2n) is 5.45. The minimum Gasteiger partial charge on any atom is -0.348 e. The fraction of sp³-hybridized carbons (Fsp3) is 0.533. The molecule has 0 fully saturated rings. The lowest BCUT2D eigenvalue weighted by Crippen LogP contribution is -2.41. The molecule has 1 aromatic rings. The van der Waals surface area contributed by atoms with Gasteiger partial charge < -0.3 is 11.1 Å². The SMILES string of the molecule is CC(C)CC(CN)NC(=O)c1cccc(CS(C)=O)c1.Cl. The molecule has 0 aliphatic carbocycles. The van der Waals surface area contributed by atoms with Crippen molar-refractivity contribution in [3.63, 3.8) is 0 Å². The molecule has 1 amide bonds. The maximum Gasteiger partial charge on any atom is 0.251 e. The molecule has 0 spiro atoms. The van der Waals surface area contributed by atoms with Gasteiger partial charge in [-0.2, -0.15) is 0 Å². The number of hydrogen-bond donors (Lipinski definition) is 2. The molecule has 3 N–H and O–H groups in total. The smallest absolute Gasteiger partial charge is 0.251 e. The molecule has 0 radical (unpaired) electrons. The van der Waals surface area contributed by atoms with Gasteiger partial charge in [0, 0.05) is 41.0 Å². The zero-order valence-corrected chi connectivity index (χ0v) is 14.4. The van der Waals surface area contributed by atoms with Crippen LogP contribution >= 0.6 is 12.4 Å². The molecule has 0 heterocycles. The molecule has 0 saturated carbocycles. The molecule has 1 rings (SSSR count). The highest BCUT2D eigenvalue weighted by molar-refractivity contribution is 7.83. The fourth-order valence-electron chi connectivity index (χ4n) is 2.09. The average molecular weight is 333 g/mol. The summed E-state index contributed by atoms with van der Waals surface area (Å²) in [6.07, 6.45) is 2.51. The van der Waals surface area contributed by atoms with Crippen LogP contribution in [-0.4, -0.2) is 29.0 Å². The van der Waals surface area contributed by atoms with Gasteiger partial charge in [-0.1, -0.05) is 26.0 Å². The third-order valence-corrected chi connectivity index (χ3v) is 3.67.